The third-order valence-corrected chi connectivity index (χ3v) is 5.24. The molecule has 3 N–H and O–H groups in total. The first-order valence-corrected chi connectivity index (χ1v) is 9.48. The van der Waals surface area contributed by atoms with E-state index < -0.39 is 0 Å². The first kappa shape index (κ1) is 16.8. The third-order valence-electron chi connectivity index (χ3n) is 5.24. The van der Waals surface area contributed by atoms with Crippen molar-refractivity contribution in [2.75, 3.05) is 29.9 Å². The monoisotopic (exact) mass is 350 g/mol. The van der Waals surface area contributed by atoms with Gasteiger partial charge in [0.15, 0.2) is 5.96 Å². The van der Waals surface area contributed by atoms with Crippen molar-refractivity contribution in [2.24, 2.45) is 16.6 Å². The van der Waals surface area contributed by atoms with Crippen LogP contribution in [-0.2, 0) is 12.8 Å². The normalized spacial score (nSPS) is 20.1. The zero-order valence-corrected chi connectivity index (χ0v) is 15.1. The number of guanidine groups is 1. The molecule has 2 heterocycles. The molecule has 1 unspecified atom stereocenters. The number of benzene rings is 1. The summed E-state index contributed by atoms with van der Waals surface area (Å²) < 4.78 is 0. The van der Waals surface area contributed by atoms with Gasteiger partial charge in [-0.05, 0) is 67.3 Å². The Morgan fingerprint density at radius 1 is 1.19 bits per heavy atom. The molecule has 1 aromatic heterocycles. The highest BCUT2D eigenvalue weighted by atomic mass is 15.3. The quantitative estimate of drug-likeness (QED) is 0.654. The Labute approximate surface area is 154 Å². The number of rotatable bonds is 4. The van der Waals surface area contributed by atoms with E-state index in [2.05, 4.69) is 43.4 Å². The van der Waals surface area contributed by atoms with E-state index in [1.54, 1.807) is 12.4 Å². The first-order valence-electron chi connectivity index (χ1n) is 9.48. The molecule has 136 valence electrons. The predicted octanol–water partition coefficient (Wildman–Crippen LogP) is 2.61. The molecule has 0 amide bonds. The van der Waals surface area contributed by atoms with E-state index >= 15 is 0 Å². The zero-order chi connectivity index (χ0) is 17.8. The fourth-order valence-corrected chi connectivity index (χ4v) is 3.91. The molecule has 0 spiro atoms. The molecule has 1 aliphatic carbocycles. The number of hydrogen-bond acceptors (Lipinski definition) is 4. The van der Waals surface area contributed by atoms with Crippen LogP contribution in [0.3, 0.4) is 0 Å². The number of nitrogens with zero attached hydrogens (tertiary/aromatic N) is 4. The molecule has 1 saturated heterocycles. The summed E-state index contributed by atoms with van der Waals surface area (Å²) in [5.74, 6) is 1.79. The molecule has 1 atom stereocenters. The van der Waals surface area contributed by atoms with Gasteiger partial charge in [-0.15, -0.1) is 0 Å². The molecular weight excluding hydrogens is 324 g/mol. The van der Waals surface area contributed by atoms with E-state index in [1.165, 1.54) is 36.8 Å². The molecular formula is C20H26N6. The molecule has 26 heavy (non-hydrogen) atoms. The van der Waals surface area contributed by atoms with Gasteiger partial charge in [-0.1, -0.05) is 6.07 Å². The predicted molar refractivity (Wildman–Crippen MR) is 106 cm³/mol. The van der Waals surface area contributed by atoms with Gasteiger partial charge < -0.3 is 16.0 Å². The summed E-state index contributed by atoms with van der Waals surface area (Å²) in [4.78, 5) is 15.5. The van der Waals surface area contributed by atoms with E-state index in [4.69, 9.17) is 5.73 Å². The first-order chi connectivity index (χ1) is 12.8. The van der Waals surface area contributed by atoms with Gasteiger partial charge in [0.1, 0.15) is 0 Å². The average Bonchev–Trinajstić information content (AvgIpc) is 3.15. The number of nitrogens with two attached hydrogens (primary N) is 1. The number of anilines is 2. The van der Waals surface area contributed by atoms with Crippen molar-refractivity contribution >= 4 is 17.6 Å². The van der Waals surface area contributed by atoms with Crippen LogP contribution in [-0.4, -0.2) is 35.6 Å². The fourth-order valence-electron chi connectivity index (χ4n) is 3.91. The number of aliphatic imine (C=N–C) groups is 1. The largest absolute Gasteiger partial charge is 0.370 e. The summed E-state index contributed by atoms with van der Waals surface area (Å²) in [6, 6.07) is 8.36. The number of nitrogens with one attached hydrogen (secondary N) is 1. The summed E-state index contributed by atoms with van der Waals surface area (Å²) in [5, 5.41) is 3.24. The highest BCUT2D eigenvalue weighted by Gasteiger charge is 2.21. The van der Waals surface area contributed by atoms with E-state index in [-0.39, 0.29) is 0 Å². The topological polar surface area (TPSA) is 79.4 Å². The van der Waals surface area contributed by atoms with Gasteiger partial charge in [-0.3, -0.25) is 4.99 Å². The Bertz CT molecular complexity index is 773. The molecule has 4 rings (SSSR count). The van der Waals surface area contributed by atoms with Crippen LogP contribution in [0.5, 0.6) is 0 Å². The SMILES string of the molecule is NC(=NCC1CCCN(c2ncccn2)C1)Nc1ccc2c(c1)CCC2. The van der Waals surface area contributed by atoms with E-state index in [0.29, 0.717) is 11.9 Å². The maximum atomic E-state index is 6.11. The van der Waals surface area contributed by atoms with Crippen LogP contribution in [0.15, 0.2) is 41.7 Å². The van der Waals surface area contributed by atoms with Crippen molar-refractivity contribution in [1.82, 2.24) is 9.97 Å². The summed E-state index contributed by atoms with van der Waals surface area (Å²) in [7, 11) is 0. The number of piperidine rings is 1. The third kappa shape index (κ3) is 3.95. The van der Waals surface area contributed by atoms with Crippen LogP contribution >= 0.6 is 0 Å². The number of aryl methyl sites for hydroxylation is 2. The molecule has 1 aromatic carbocycles. The highest BCUT2D eigenvalue weighted by molar-refractivity contribution is 5.92. The molecule has 2 aliphatic rings. The minimum atomic E-state index is 0.480. The second kappa shape index (κ2) is 7.72. The summed E-state index contributed by atoms with van der Waals surface area (Å²) in [6.45, 7) is 2.67. The van der Waals surface area contributed by atoms with Gasteiger partial charge in [-0.2, -0.15) is 0 Å². The Morgan fingerprint density at radius 2 is 2.04 bits per heavy atom. The lowest BCUT2D eigenvalue weighted by Crippen LogP contribution is -2.38. The molecule has 1 fully saturated rings. The Kier molecular flexibility index (Phi) is 5.00. The number of fused-ring (bicyclic) bond motifs is 1. The van der Waals surface area contributed by atoms with Gasteiger partial charge in [0, 0.05) is 37.7 Å². The van der Waals surface area contributed by atoms with E-state index in [0.717, 1.165) is 37.7 Å². The molecule has 0 saturated carbocycles. The molecule has 6 nitrogen and oxygen atoms in total. The van der Waals surface area contributed by atoms with Crippen molar-refractivity contribution in [3.05, 3.63) is 47.8 Å². The summed E-state index contributed by atoms with van der Waals surface area (Å²) in [6.07, 6.45) is 9.51. The molecule has 1 aliphatic heterocycles. The summed E-state index contributed by atoms with van der Waals surface area (Å²) in [5.41, 5.74) is 10.1. The number of hydrogen-bond donors (Lipinski definition) is 2. The Balaban J connectivity index is 1.33. The van der Waals surface area contributed by atoms with Gasteiger partial charge in [0.2, 0.25) is 5.95 Å². The van der Waals surface area contributed by atoms with Crippen LogP contribution < -0.4 is 16.0 Å². The maximum absolute atomic E-state index is 6.11. The smallest absolute Gasteiger partial charge is 0.225 e. The van der Waals surface area contributed by atoms with Gasteiger partial charge in [0.25, 0.3) is 0 Å². The van der Waals surface area contributed by atoms with Crippen LogP contribution in [0.1, 0.15) is 30.4 Å². The maximum Gasteiger partial charge on any atom is 0.225 e. The Morgan fingerprint density at radius 3 is 2.92 bits per heavy atom. The zero-order valence-electron chi connectivity index (χ0n) is 15.1. The van der Waals surface area contributed by atoms with E-state index in [1.807, 2.05) is 6.07 Å². The standard InChI is InChI=1S/C20H26N6/c21-19(25-18-8-7-16-5-1-6-17(16)12-18)24-13-15-4-2-11-26(14-15)20-22-9-3-10-23-20/h3,7-10,12,15H,1-2,4-6,11,13-14H2,(H3,21,24,25). The van der Waals surface area contributed by atoms with Crippen molar-refractivity contribution in [2.45, 2.75) is 32.1 Å². The fraction of sp³-hybridized carbons (Fsp3) is 0.450. The van der Waals surface area contributed by atoms with Gasteiger partial charge >= 0.3 is 0 Å². The van der Waals surface area contributed by atoms with Crippen molar-refractivity contribution in [1.29, 1.82) is 0 Å². The molecule has 2 aromatic rings. The lowest BCUT2D eigenvalue weighted by atomic mass is 9.98. The van der Waals surface area contributed by atoms with Gasteiger partial charge in [0.05, 0.1) is 0 Å². The van der Waals surface area contributed by atoms with Crippen LogP contribution in [0.4, 0.5) is 11.6 Å². The van der Waals surface area contributed by atoms with Gasteiger partial charge in [-0.25, -0.2) is 9.97 Å². The van der Waals surface area contributed by atoms with Crippen molar-refractivity contribution < 1.29 is 0 Å². The average molecular weight is 350 g/mol. The molecule has 6 heteroatoms. The minimum absolute atomic E-state index is 0.480. The highest BCUT2D eigenvalue weighted by Crippen LogP contribution is 2.25. The van der Waals surface area contributed by atoms with E-state index in [9.17, 15) is 0 Å². The van der Waals surface area contributed by atoms with Crippen LogP contribution in [0.25, 0.3) is 0 Å². The van der Waals surface area contributed by atoms with Crippen molar-refractivity contribution in [3.8, 4) is 0 Å². The second-order valence-corrected chi connectivity index (χ2v) is 7.19. The molecule has 0 bridgehead atoms. The lowest BCUT2D eigenvalue weighted by molar-refractivity contribution is 0.420. The van der Waals surface area contributed by atoms with Crippen molar-refractivity contribution in [3.63, 3.8) is 0 Å². The molecule has 0 radical (unpaired) electrons. The van der Waals surface area contributed by atoms with Crippen LogP contribution in [0.2, 0.25) is 0 Å². The van der Waals surface area contributed by atoms with Crippen LogP contribution in [0, 0.1) is 5.92 Å². The number of aromatic nitrogens is 2. The summed E-state index contributed by atoms with van der Waals surface area (Å²) >= 11 is 0. The Hall–Kier alpha value is -2.63. The minimum Gasteiger partial charge on any atom is -0.370 e. The lowest BCUT2D eigenvalue weighted by Gasteiger charge is -2.31. The second-order valence-electron chi connectivity index (χ2n) is 7.19.